The van der Waals surface area contributed by atoms with Crippen molar-refractivity contribution in [1.82, 2.24) is 0 Å². The van der Waals surface area contributed by atoms with E-state index in [0.717, 1.165) is 24.3 Å². The van der Waals surface area contributed by atoms with Crippen molar-refractivity contribution in [3.8, 4) is 0 Å². The summed E-state index contributed by atoms with van der Waals surface area (Å²) in [6, 6.07) is 3.85. The zero-order valence-corrected chi connectivity index (χ0v) is 8.22. The average Bonchev–Trinajstić information content (AvgIpc) is 2.01. The Hall–Kier alpha value is -0.990. The van der Waals surface area contributed by atoms with Gasteiger partial charge >= 0.3 is 10.2 Å². The van der Waals surface area contributed by atoms with Crippen LogP contribution in [0, 0.1) is 0 Å². The summed E-state index contributed by atoms with van der Waals surface area (Å²) in [5.74, 6) is 0. The smallest absolute Gasteiger partial charge is 0.282 e. The molecule has 0 unspecified atom stereocenters. The van der Waals surface area contributed by atoms with Gasteiger partial charge < -0.3 is 0 Å². The summed E-state index contributed by atoms with van der Waals surface area (Å²) in [5, 5.41) is 0. The van der Waals surface area contributed by atoms with E-state index in [2.05, 4.69) is 0 Å². The molecule has 0 radical (unpaired) electrons. The first-order valence-corrected chi connectivity index (χ1v) is 6.06. The quantitative estimate of drug-likeness (QED) is 0.603. The fourth-order valence-electron chi connectivity index (χ4n) is 0.865. The third-order valence-corrected chi connectivity index (χ3v) is 3.31. The van der Waals surface area contributed by atoms with E-state index in [9.17, 15) is 20.7 Å². The summed E-state index contributed by atoms with van der Waals surface area (Å²) in [4.78, 5) is -2.04. The Labute approximate surface area is 80.1 Å². The molecule has 0 aliphatic carbocycles. The second-order valence-corrected chi connectivity index (χ2v) is 5.07. The second-order valence-electron chi connectivity index (χ2n) is 2.36. The van der Waals surface area contributed by atoms with Crippen LogP contribution >= 0.6 is 0 Å². The van der Waals surface area contributed by atoms with Crippen LogP contribution in [0.1, 0.15) is 0 Å². The first-order valence-electron chi connectivity index (χ1n) is 3.24. The van der Waals surface area contributed by atoms with Gasteiger partial charge in [0, 0.05) is 0 Å². The largest absolute Gasteiger partial charge is 0.333 e. The maximum absolute atomic E-state index is 12.5. The van der Waals surface area contributed by atoms with E-state index in [1.54, 1.807) is 0 Å². The molecule has 0 saturated heterocycles. The predicted molar refractivity (Wildman–Crippen MR) is 44.6 cm³/mol. The summed E-state index contributed by atoms with van der Waals surface area (Å²) in [7, 11) is -9.89. The van der Waals surface area contributed by atoms with Crippen LogP contribution in [0.25, 0.3) is 0 Å². The first-order chi connectivity index (χ1) is 6.23. The van der Waals surface area contributed by atoms with Crippen molar-refractivity contribution in [2.45, 2.75) is 9.79 Å². The highest BCUT2D eigenvalue weighted by atomic mass is 32.3. The maximum Gasteiger partial charge on any atom is 0.333 e. The standard InChI is InChI=1S/C6H5FO5S2/c7-13(8,9)5-3-1-2-4-6(5)14(10,11)12/h1-4H,(H,10,11,12). The van der Waals surface area contributed by atoms with Gasteiger partial charge in [-0.15, -0.1) is 3.89 Å². The molecular formula is C6H5FO5S2. The molecule has 1 N–H and O–H groups in total. The van der Waals surface area contributed by atoms with Gasteiger partial charge in [0.25, 0.3) is 10.1 Å². The molecule has 5 nitrogen and oxygen atoms in total. The van der Waals surface area contributed by atoms with E-state index in [0.29, 0.717) is 0 Å². The molecule has 78 valence electrons. The maximum atomic E-state index is 12.5. The van der Waals surface area contributed by atoms with E-state index >= 15 is 0 Å². The Morgan fingerprint density at radius 3 is 1.71 bits per heavy atom. The highest BCUT2D eigenvalue weighted by Crippen LogP contribution is 2.21. The van der Waals surface area contributed by atoms with Gasteiger partial charge in [-0.05, 0) is 12.1 Å². The van der Waals surface area contributed by atoms with Crippen molar-refractivity contribution in [1.29, 1.82) is 0 Å². The lowest BCUT2D eigenvalue weighted by Gasteiger charge is -2.01. The molecule has 0 amide bonds. The molecule has 0 atom stereocenters. The molecule has 0 aromatic heterocycles. The molecular weight excluding hydrogens is 235 g/mol. The van der Waals surface area contributed by atoms with E-state index < -0.39 is 30.1 Å². The van der Waals surface area contributed by atoms with Gasteiger partial charge in [0.05, 0.1) is 0 Å². The van der Waals surface area contributed by atoms with Crippen molar-refractivity contribution in [3.05, 3.63) is 24.3 Å². The zero-order chi connectivity index (χ0) is 11.0. The summed E-state index contributed by atoms with van der Waals surface area (Å²) in [5.41, 5.74) is 0. The second kappa shape index (κ2) is 3.30. The molecule has 0 aliphatic rings. The summed E-state index contributed by atoms with van der Waals surface area (Å²) < 4.78 is 63.2. The molecule has 0 saturated carbocycles. The Bertz CT molecular complexity index is 494. The van der Waals surface area contributed by atoms with Crippen LogP contribution in [0.3, 0.4) is 0 Å². The monoisotopic (exact) mass is 240 g/mol. The van der Waals surface area contributed by atoms with Gasteiger partial charge in [0.2, 0.25) is 0 Å². The van der Waals surface area contributed by atoms with E-state index in [-0.39, 0.29) is 0 Å². The lowest BCUT2D eigenvalue weighted by Crippen LogP contribution is -2.05. The number of rotatable bonds is 2. The van der Waals surface area contributed by atoms with Crippen molar-refractivity contribution < 1.29 is 25.3 Å². The Balaban J connectivity index is 3.64. The van der Waals surface area contributed by atoms with Crippen LogP contribution in [-0.4, -0.2) is 21.4 Å². The van der Waals surface area contributed by atoms with Crippen LogP contribution in [-0.2, 0) is 20.3 Å². The third kappa shape index (κ3) is 2.28. The van der Waals surface area contributed by atoms with Crippen LogP contribution in [0.2, 0.25) is 0 Å². The van der Waals surface area contributed by atoms with Gasteiger partial charge in [0.15, 0.2) is 0 Å². The van der Waals surface area contributed by atoms with Crippen molar-refractivity contribution in [2.75, 3.05) is 0 Å². The van der Waals surface area contributed by atoms with Crippen LogP contribution in [0.5, 0.6) is 0 Å². The topological polar surface area (TPSA) is 88.5 Å². The normalized spacial score (nSPS) is 12.7. The van der Waals surface area contributed by atoms with Crippen molar-refractivity contribution >= 4 is 20.3 Å². The molecule has 1 aromatic carbocycles. The van der Waals surface area contributed by atoms with E-state index in [4.69, 9.17) is 4.55 Å². The minimum atomic E-state index is -5.16. The van der Waals surface area contributed by atoms with Crippen molar-refractivity contribution in [2.24, 2.45) is 0 Å². The van der Waals surface area contributed by atoms with E-state index in [1.807, 2.05) is 0 Å². The fraction of sp³-hybridized carbons (Fsp3) is 0. The van der Waals surface area contributed by atoms with Gasteiger partial charge in [-0.2, -0.15) is 16.8 Å². The number of hydrogen-bond donors (Lipinski definition) is 1. The minimum absolute atomic E-state index is 0.748. The summed E-state index contributed by atoms with van der Waals surface area (Å²) in [6.45, 7) is 0. The van der Waals surface area contributed by atoms with Crippen LogP contribution < -0.4 is 0 Å². The van der Waals surface area contributed by atoms with E-state index in [1.165, 1.54) is 0 Å². The lowest BCUT2D eigenvalue weighted by atomic mass is 10.4. The van der Waals surface area contributed by atoms with Crippen LogP contribution in [0.15, 0.2) is 34.1 Å². The van der Waals surface area contributed by atoms with Gasteiger partial charge in [0.1, 0.15) is 9.79 Å². The Morgan fingerprint density at radius 1 is 1.00 bits per heavy atom. The molecule has 0 bridgehead atoms. The average molecular weight is 240 g/mol. The highest BCUT2D eigenvalue weighted by Gasteiger charge is 2.23. The lowest BCUT2D eigenvalue weighted by molar-refractivity contribution is 0.478. The SMILES string of the molecule is O=S(=O)(O)c1ccccc1S(=O)(=O)F. The molecule has 0 heterocycles. The Kier molecular flexibility index (Phi) is 2.61. The molecule has 0 spiro atoms. The highest BCUT2D eigenvalue weighted by molar-refractivity contribution is 7.89. The van der Waals surface area contributed by atoms with Crippen LogP contribution in [0.4, 0.5) is 3.89 Å². The summed E-state index contributed by atoms with van der Waals surface area (Å²) in [6.07, 6.45) is 0. The zero-order valence-electron chi connectivity index (χ0n) is 6.58. The van der Waals surface area contributed by atoms with Gasteiger partial charge in [-0.3, -0.25) is 4.55 Å². The molecule has 1 aromatic rings. The fourth-order valence-corrected chi connectivity index (χ4v) is 2.60. The molecule has 14 heavy (non-hydrogen) atoms. The number of hydrogen-bond acceptors (Lipinski definition) is 4. The Morgan fingerprint density at radius 2 is 1.43 bits per heavy atom. The number of halogens is 1. The number of benzene rings is 1. The molecule has 0 fully saturated rings. The summed E-state index contributed by atoms with van der Waals surface area (Å²) >= 11 is 0. The molecule has 0 aliphatic heterocycles. The van der Waals surface area contributed by atoms with Gasteiger partial charge in [-0.1, -0.05) is 12.1 Å². The van der Waals surface area contributed by atoms with Gasteiger partial charge in [-0.25, -0.2) is 0 Å². The third-order valence-electron chi connectivity index (χ3n) is 1.39. The minimum Gasteiger partial charge on any atom is -0.282 e. The predicted octanol–water partition coefficient (Wildman–Crippen LogP) is 0.592. The van der Waals surface area contributed by atoms with Crippen molar-refractivity contribution in [3.63, 3.8) is 0 Å². The molecule has 8 heteroatoms. The molecule has 1 rings (SSSR count). The first kappa shape index (κ1) is 11.1.